The van der Waals surface area contributed by atoms with Gasteiger partial charge in [0, 0.05) is 39.6 Å². The van der Waals surface area contributed by atoms with Gasteiger partial charge in [0.05, 0.1) is 13.2 Å². The predicted octanol–water partition coefficient (Wildman–Crippen LogP) is 6.01. The average Bonchev–Trinajstić information content (AvgIpc) is 2.72. The topological polar surface area (TPSA) is 24.9 Å². The molecule has 2 rings (SSSR count). The summed E-state index contributed by atoms with van der Waals surface area (Å²) < 4.78 is 11.7. The molecule has 0 heterocycles. The second-order valence-corrected chi connectivity index (χ2v) is 7.95. The first-order valence-corrected chi connectivity index (χ1v) is 10.9. The van der Waals surface area contributed by atoms with Crippen LogP contribution >= 0.6 is 0 Å². The number of hydrogen-bond acceptors (Lipinski definition) is 4. The molecule has 0 spiro atoms. The van der Waals surface area contributed by atoms with E-state index in [9.17, 15) is 0 Å². The van der Waals surface area contributed by atoms with Crippen molar-refractivity contribution in [3.8, 4) is 11.5 Å². The van der Waals surface area contributed by atoms with E-state index in [1.54, 1.807) is 0 Å². The molecule has 0 radical (unpaired) electrons. The lowest BCUT2D eigenvalue weighted by Gasteiger charge is -2.13. The van der Waals surface area contributed by atoms with E-state index < -0.39 is 0 Å². The van der Waals surface area contributed by atoms with Crippen LogP contribution in [-0.4, -0.2) is 41.4 Å². The highest BCUT2D eigenvalue weighted by molar-refractivity contribution is 5.48. The van der Waals surface area contributed by atoms with Crippen molar-refractivity contribution in [2.75, 3.05) is 51.2 Å². The molecule has 160 valence electrons. The molecular formula is C25H38N2O2. The SMILES string of the molecule is CN(C)c1ccc(OCCCCCCCCCOc2ccc(N(C)C)cc2)cc1. The lowest BCUT2D eigenvalue weighted by Crippen LogP contribution is -2.08. The van der Waals surface area contributed by atoms with Gasteiger partial charge in [-0.15, -0.1) is 0 Å². The summed E-state index contributed by atoms with van der Waals surface area (Å²) in [5.41, 5.74) is 2.40. The summed E-state index contributed by atoms with van der Waals surface area (Å²) in [6.07, 6.45) is 8.61. The Morgan fingerprint density at radius 2 is 0.793 bits per heavy atom. The van der Waals surface area contributed by atoms with Gasteiger partial charge in [-0.25, -0.2) is 0 Å². The smallest absolute Gasteiger partial charge is 0.119 e. The molecule has 0 atom stereocenters. The second-order valence-electron chi connectivity index (χ2n) is 7.95. The Hall–Kier alpha value is -2.36. The van der Waals surface area contributed by atoms with Crippen molar-refractivity contribution in [3.05, 3.63) is 48.5 Å². The van der Waals surface area contributed by atoms with Gasteiger partial charge in [0.1, 0.15) is 11.5 Å². The summed E-state index contributed by atoms with van der Waals surface area (Å²) >= 11 is 0. The highest BCUT2D eigenvalue weighted by Gasteiger charge is 1.99. The quantitative estimate of drug-likeness (QED) is 0.364. The zero-order valence-electron chi connectivity index (χ0n) is 18.7. The van der Waals surface area contributed by atoms with Gasteiger partial charge in [-0.2, -0.15) is 0 Å². The molecule has 0 aliphatic rings. The van der Waals surface area contributed by atoms with Crippen molar-refractivity contribution in [3.63, 3.8) is 0 Å². The number of ether oxygens (including phenoxy) is 2. The number of unbranched alkanes of at least 4 members (excludes halogenated alkanes) is 6. The highest BCUT2D eigenvalue weighted by Crippen LogP contribution is 2.19. The summed E-state index contributed by atoms with van der Waals surface area (Å²) in [5, 5.41) is 0. The van der Waals surface area contributed by atoms with Crippen LogP contribution in [0.4, 0.5) is 11.4 Å². The van der Waals surface area contributed by atoms with Crippen LogP contribution in [0.1, 0.15) is 44.9 Å². The first-order valence-electron chi connectivity index (χ1n) is 10.9. The Morgan fingerprint density at radius 1 is 0.483 bits per heavy atom. The Labute approximate surface area is 177 Å². The number of hydrogen-bond donors (Lipinski definition) is 0. The fraction of sp³-hybridized carbons (Fsp3) is 0.520. The maximum atomic E-state index is 5.83. The fourth-order valence-corrected chi connectivity index (χ4v) is 3.15. The fourth-order valence-electron chi connectivity index (χ4n) is 3.15. The van der Waals surface area contributed by atoms with Gasteiger partial charge in [0.25, 0.3) is 0 Å². The minimum atomic E-state index is 0.807. The van der Waals surface area contributed by atoms with Crippen molar-refractivity contribution >= 4 is 11.4 Å². The molecule has 0 aliphatic heterocycles. The lowest BCUT2D eigenvalue weighted by atomic mass is 10.1. The lowest BCUT2D eigenvalue weighted by molar-refractivity contribution is 0.299. The molecule has 4 heteroatoms. The zero-order valence-corrected chi connectivity index (χ0v) is 18.7. The van der Waals surface area contributed by atoms with Crippen molar-refractivity contribution in [2.45, 2.75) is 44.9 Å². The van der Waals surface area contributed by atoms with Crippen LogP contribution in [-0.2, 0) is 0 Å². The number of anilines is 2. The average molecular weight is 399 g/mol. The summed E-state index contributed by atoms with van der Waals surface area (Å²) in [4.78, 5) is 4.19. The predicted molar refractivity (Wildman–Crippen MR) is 125 cm³/mol. The highest BCUT2D eigenvalue weighted by atomic mass is 16.5. The van der Waals surface area contributed by atoms with Crippen LogP contribution in [0.15, 0.2) is 48.5 Å². The van der Waals surface area contributed by atoms with Crippen molar-refractivity contribution < 1.29 is 9.47 Å². The molecular weight excluding hydrogens is 360 g/mol. The van der Waals surface area contributed by atoms with E-state index in [0.29, 0.717) is 0 Å². The molecule has 0 amide bonds. The van der Waals surface area contributed by atoms with Gasteiger partial charge >= 0.3 is 0 Å². The summed E-state index contributed by atoms with van der Waals surface area (Å²) in [7, 11) is 8.19. The van der Waals surface area contributed by atoms with Crippen LogP contribution in [0.5, 0.6) is 11.5 Å². The third-order valence-corrected chi connectivity index (χ3v) is 5.03. The van der Waals surface area contributed by atoms with E-state index in [-0.39, 0.29) is 0 Å². The summed E-state index contributed by atoms with van der Waals surface area (Å²) in [6, 6.07) is 16.6. The van der Waals surface area contributed by atoms with Crippen LogP contribution in [0.3, 0.4) is 0 Å². The third kappa shape index (κ3) is 9.12. The molecule has 0 aromatic heterocycles. The normalized spacial score (nSPS) is 10.6. The van der Waals surface area contributed by atoms with Gasteiger partial charge < -0.3 is 19.3 Å². The van der Waals surface area contributed by atoms with Crippen molar-refractivity contribution in [1.29, 1.82) is 0 Å². The maximum Gasteiger partial charge on any atom is 0.119 e. The van der Waals surface area contributed by atoms with E-state index in [2.05, 4.69) is 34.1 Å². The first-order chi connectivity index (χ1) is 14.1. The Bertz CT molecular complexity index is 607. The molecule has 0 unspecified atom stereocenters. The molecule has 0 saturated carbocycles. The molecule has 29 heavy (non-hydrogen) atoms. The standard InChI is InChI=1S/C25H38N2O2/c1-26(2)22-12-16-24(17-13-22)28-20-10-8-6-5-7-9-11-21-29-25-18-14-23(15-19-25)27(3)4/h12-19H,5-11,20-21H2,1-4H3. The van der Waals surface area contributed by atoms with Gasteiger partial charge in [-0.3, -0.25) is 0 Å². The van der Waals surface area contributed by atoms with Gasteiger partial charge in [0.2, 0.25) is 0 Å². The van der Waals surface area contributed by atoms with Crippen LogP contribution in [0.25, 0.3) is 0 Å². The molecule has 2 aromatic rings. The molecule has 0 fully saturated rings. The maximum absolute atomic E-state index is 5.83. The van der Waals surface area contributed by atoms with E-state index >= 15 is 0 Å². The number of rotatable bonds is 14. The van der Waals surface area contributed by atoms with E-state index in [1.807, 2.05) is 52.5 Å². The minimum Gasteiger partial charge on any atom is -0.494 e. The van der Waals surface area contributed by atoms with E-state index in [1.165, 1.54) is 43.5 Å². The monoisotopic (exact) mass is 398 g/mol. The largest absolute Gasteiger partial charge is 0.494 e. The first kappa shape index (κ1) is 22.9. The second kappa shape index (κ2) is 13.0. The molecule has 0 saturated heterocycles. The van der Waals surface area contributed by atoms with Crippen molar-refractivity contribution in [1.82, 2.24) is 0 Å². The minimum absolute atomic E-state index is 0.807. The number of benzene rings is 2. The van der Waals surface area contributed by atoms with Crippen LogP contribution in [0, 0.1) is 0 Å². The summed E-state index contributed by atoms with van der Waals surface area (Å²) in [6.45, 7) is 1.61. The Balaban J connectivity index is 1.41. The molecule has 0 aliphatic carbocycles. The summed E-state index contributed by atoms with van der Waals surface area (Å²) in [5.74, 6) is 1.93. The van der Waals surface area contributed by atoms with Crippen LogP contribution < -0.4 is 19.3 Å². The van der Waals surface area contributed by atoms with Crippen LogP contribution in [0.2, 0.25) is 0 Å². The van der Waals surface area contributed by atoms with Gasteiger partial charge in [-0.05, 0) is 61.4 Å². The zero-order chi connectivity index (χ0) is 20.9. The number of nitrogens with zero attached hydrogens (tertiary/aromatic N) is 2. The van der Waals surface area contributed by atoms with E-state index in [4.69, 9.17) is 9.47 Å². The molecule has 0 N–H and O–H groups in total. The molecule has 0 bridgehead atoms. The van der Waals surface area contributed by atoms with Gasteiger partial charge in [0.15, 0.2) is 0 Å². The Morgan fingerprint density at radius 3 is 1.10 bits per heavy atom. The molecule has 2 aromatic carbocycles. The molecule has 4 nitrogen and oxygen atoms in total. The Kier molecular flexibility index (Phi) is 10.3. The van der Waals surface area contributed by atoms with Crippen molar-refractivity contribution in [2.24, 2.45) is 0 Å². The third-order valence-electron chi connectivity index (χ3n) is 5.03. The van der Waals surface area contributed by atoms with Gasteiger partial charge in [-0.1, -0.05) is 32.1 Å². The van der Waals surface area contributed by atoms with E-state index in [0.717, 1.165) is 37.6 Å².